The van der Waals surface area contributed by atoms with Crippen molar-refractivity contribution in [1.82, 2.24) is 10.2 Å². The first kappa shape index (κ1) is 21.0. The molecule has 3 rings (SSSR count). The van der Waals surface area contributed by atoms with Crippen LogP contribution in [-0.4, -0.2) is 35.7 Å². The van der Waals surface area contributed by atoms with Gasteiger partial charge in [0.15, 0.2) is 0 Å². The van der Waals surface area contributed by atoms with Gasteiger partial charge in [-0.1, -0.05) is 45.8 Å². The van der Waals surface area contributed by atoms with E-state index in [0.717, 1.165) is 21.2 Å². The number of carbonyl (C=O) groups is 3. The smallest absolute Gasteiger partial charge is 0.243 e. The van der Waals surface area contributed by atoms with Crippen LogP contribution in [0.4, 0.5) is 5.69 Å². The molecular formula is C22H24BrN3O3. The maximum absolute atomic E-state index is 12.4. The van der Waals surface area contributed by atoms with Gasteiger partial charge in [0.2, 0.25) is 17.7 Å². The molecule has 0 aromatic heterocycles. The van der Waals surface area contributed by atoms with E-state index < -0.39 is 5.92 Å². The van der Waals surface area contributed by atoms with Gasteiger partial charge in [0.25, 0.3) is 0 Å². The van der Waals surface area contributed by atoms with Crippen LogP contribution in [0.2, 0.25) is 0 Å². The lowest BCUT2D eigenvalue weighted by Crippen LogP contribution is -2.37. The molecule has 0 aliphatic carbocycles. The van der Waals surface area contributed by atoms with Crippen molar-refractivity contribution in [2.45, 2.75) is 26.8 Å². The van der Waals surface area contributed by atoms with Gasteiger partial charge in [0.05, 0.1) is 12.5 Å². The van der Waals surface area contributed by atoms with Gasteiger partial charge in [-0.3, -0.25) is 14.4 Å². The number of benzene rings is 2. The second-order valence-corrected chi connectivity index (χ2v) is 8.25. The summed E-state index contributed by atoms with van der Waals surface area (Å²) in [5.41, 5.74) is 3.87. The zero-order valence-corrected chi connectivity index (χ0v) is 18.1. The highest BCUT2D eigenvalue weighted by Gasteiger charge is 2.34. The van der Waals surface area contributed by atoms with Crippen LogP contribution in [0.25, 0.3) is 0 Å². The summed E-state index contributed by atoms with van der Waals surface area (Å²) >= 11 is 3.42. The zero-order valence-electron chi connectivity index (χ0n) is 16.5. The summed E-state index contributed by atoms with van der Waals surface area (Å²) in [5, 5.41) is 5.40. The van der Waals surface area contributed by atoms with Crippen molar-refractivity contribution < 1.29 is 14.4 Å². The predicted octanol–water partition coefficient (Wildman–Crippen LogP) is 3.17. The van der Waals surface area contributed by atoms with Crippen LogP contribution in [0, 0.1) is 19.8 Å². The van der Waals surface area contributed by atoms with E-state index in [1.165, 1.54) is 0 Å². The molecule has 7 heteroatoms. The Labute approximate surface area is 178 Å². The Hall–Kier alpha value is -2.67. The molecule has 1 heterocycles. The van der Waals surface area contributed by atoms with Crippen molar-refractivity contribution in [3.05, 3.63) is 63.6 Å². The van der Waals surface area contributed by atoms with Crippen molar-refractivity contribution in [3.8, 4) is 0 Å². The highest BCUT2D eigenvalue weighted by Crippen LogP contribution is 2.21. The first-order chi connectivity index (χ1) is 13.8. The fraction of sp³-hybridized carbons (Fsp3) is 0.318. The number of hydrogen-bond acceptors (Lipinski definition) is 3. The average Bonchev–Trinajstić information content (AvgIpc) is 3.05. The van der Waals surface area contributed by atoms with E-state index in [0.29, 0.717) is 18.8 Å². The van der Waals surface area contributed by atoms with Crippen molar-refractivity contribution in [2.24, 2.45) is 5.92 Å². The first-order valence-electron chi connectivity index (χ1n) is 9.49. The van der Waals surface area contributed by atoms with Crippen LogP contribution >= 0.6 is 15.9 Å². The van der Waals surface area contributed by atoms with Crippen LogP contribution in [0.3, 0.4) is 0 Å². The molecule has 0 saturated carbocycles. The zero-order chi connectivity index (χ0) is 21.0. The molecule has 2 aromatic carbocycles. The molecule has 6 nitrogen and oxygen atoms in total. The van der Waals surface area contributed by atoms with E-state index in [-0.39, 0.29) is 30.7 Å². The highest BCUT2D eigenvalue weighted by molar-refractivity contribution is 9.10. The summed E-state index contributed by atoms with van der Waals surface area (Å²) < 4.78 is 0.963. The predicted molar refractivity (Wildman–Crippen MR) is 115 cm³/mol. The van der Waals surface area contributed by atoms with Crippen molar-refractivity contribution in [3.63, 3.8) is 0 Å². The molecule has 1 aliphatic heterocycles. The molecule has 152 valence electrons. The average molecular weight is 458 g/mol. The molecule has 1 saturated heterocycles. The molecule has 3 amide bonds. The lowest BCUT2D eigenvalue weighted by Gasteiger charge is -2.17. The Morgan fingerprint density at radius 1 is 1.14 bits per heavy atom. The quantitative estimate of drug-likeness (QED) is 0.698. The van der Waals surface area contributed by atoms with Gasteiger partial charge >= 0.3 is 0 Å². The lowest BCUT2D eigenvalue weighted by atomic mass is 10.1. The molecule has 0 bridgehead atoms. The minimum Gasteiger partial charge on any atom is -0.347 e. The van der Waals surface area contributed by atoms with Gasteiger partial charge in [-0.25, -0.2) is 0 Å². The summed E-state index contributed by atoms with van der Waals surface area (Å²) in [4.78, 5) is 38.5. The number of likely N-dealkylation sites (tertiary alicyclic amines) is 1. The third kappa shape index (κ3) is 5.67. The second-order valence-electron chi connectivity index (χ2n) is 7.39. The van der Waals surface area contributed by atoms with E-state index in [1.807, 2.05) is 50.2 Å². The maximum Gasteiger partial charge on any atom is 0.243 e. The summed E-state index contributed by atoms with van der Waals surface area (Å²) in [7, 11) is 0. The minimum absolute atomic E-state index is 0.0412. The number of anilines is 1. The number of aryl methyl sites for hydroxylation is 2. The first-order valence-corrected chi connectivity index (χ1v) is 10.3. The van der Waals surface area contributed by atoms with Gasteiger partial charge in [-0.15, -0.1) is 0 Å². The number of nitrogens with zero attached hydrogens (tertiary/aromatic N) is 1. The summed E-state index contributed by atoms with van der Waals surface area (Å²) in [6, 6.07) is 13.5. The molecular weight excluding hydrogens is 434 g/mol. The van der Waals surface area contributed by atoms with E-state index in [2.05, 4.69) is 26.6 Å². The molecule has 1 atom stereocenters. The fourth-order valence-electron chi connectivity index (χ4n) is 3.25. The normalized spacial score (nSPS) is 16.0. The molecule has 0 radical (unpaired) electrons. The Bertz CT molecular complexity index is 927. The SMILES string of the molecule is Cc1ccc(CN2CC(C(=O)NCC(=O)Nc3ccc(Br)c(C)c3)CC2=O)cc1. The molecule has 2 N–H and O–H groups in total. The van der Waals surface area contributed by atoms with Gasteiger partial charge < -0.3 is 15.5 Å². The standard InChI is InChI=1S/C22H24BrN3O3/c1-14-3-5-16(6-4-14)12-26-13-17(10-21(26)28)22(29)24-11-20(27)25-18-7-8-19(23)15(2)9-18/h3-9,17H,10-13H2,1-2H3,(H,24,29)(H,25,27). The minimum atomic E-state index is -0.435. The van der Waals surface area contributed by atoms with E-state index in [9.17, 15) is 14.4 Å². The molecule has 29 heavy (non-hydrogen) atoms. The van der Waals surface area contributed by atoms with Crippen molar-refractivity contribution >= 4 is 39.3 Å². The van der Waals surface area contributed by atoms with Crippen molar-refractivity contribution in [1.29, 1.82) is 0 Å². The third-order valence-corrected chi connectivity index (χ3v) is 5.83. The summed E-state index contributed by atoms with van der Waals surface area (Å²) in [6.07, 6.45) is 0.172. The fourth-order valence-corrected chi connectivity index (χ4v) is 3.50. The number of rotatable bonds is 6. The molecule has 2 aromatic rings. The Kier molecular flexibility index (Phi) is 6.69. The Balaban J connectivity index is 1.47. The van der Waals surface area contributed by atoms with Gasteiger partial charge in [0.1, 0.15) is 0 Å². The number of carbonyl (C=O) groups excluding carboxylic acids is 3. The molecule has 1 aliphatic rings. The molecule has 0 spiro atoms. The second kappa shape index (κ2) is 9.22. The van der Waals surface area contributed by atoms with Gasteiger partial charge in [0, 0.05) is 29.7 Å². The maximum atomic E-state index is 12.4. The van der Waals surface area contributed by atoms with Crippen LogP contribution < -0.4 is 10.6 Å². The summed E-state index contributed by atoms with van der Waals surface area (Å²) in [5.74, 6) is -1.05. The van der Waals surface area contributed by atoms with Gasteiger partial charge in [-0.2, -0.15) is 0 Å². The van der Waals surface area contributed by atoms with Gasteiger partial charge in [-0.05, 0) is 43.2 Å². The van der Waals surface area contributed by atoms with Crippen LogP contribution in [-0.2, 0) is 20.9 Å². The van der Waals surface area contributed by atoms with E-state index in [4.69, 9.17) is 0 Å². The largest absolute Gasteiger partial charge is 0.347 e. The van der Waals surface area contributed by atoms with E-state index in [1.54, 1.807) is 11.0 Å². The summed E-state index contributed by atoms with van der Waals surface area (Å²) in [6.45, 7) is 4.68. The van der Waals surface area contributed by atoms with E-state index >= 15 is 0 Å². The number of amides is 3. The Morgan fingerprint density at radius 2 is 1.86 bits per heavy atom. The number of nitrogens with one attached hydrogen (secondary N) is 2. The van der Waals surface area contributed by atoms with Crippen LogP contribution in [0.5, 0.6) is 0 Å². The Morgan fingerprint density at radius 3 is 2.55 bits per heavy atom. The third-order valence-electron chi connectivity index (χ3n) is 4.94. The molecule has 1 unspecified atom stereocenters. The molecule has 1 fully saturated rings. The lowest BCUT2D eigenvalue weighted by molar-refractivity contribution is -0.129. The van der Waals surface area contributed by atoms with Crippen LogP contribution in [0.1, 0.15) is 23.1 Å². The number of hydrogen-bond donors (Lipinski definition) is 2. The monoisotopic (exact) mass is 457 g/mol. The van der Waals surface area contributed by atoms with Crippen LogP contribution in [0.15, 0.2) is 46.9 Å². The van der Waals surface area contributed by atoms with Crippen molar-refractivity contribution in [2.75, 3.05) is 18.4 Å². The number of halogens is 1. The topological polar surface area (TPSA) is 78.5 Å². The highest BCUT2D eigenvalue weighted by atomic mass is 79.9.